The number of nitrogens with one attached hydrogen (secondary N) is 2. The first kappa shape index (κ1) is 13.3. The summed E-state index contributed by atoms with van der Waals surface area (Å²) in [6.07, 6.45) is 3.13. The Morgan fingerprint density at radius 1 is 1.44 bits per heavy atom. The van der Waals surface area contributed by atoms with E-state index in [2.05, 4.69) is 34.0 Å². The Labute approximate surface area is 101 Å². The second-order valence-electron chi connectivity index (χ2n) is 3.66. The Hall–Kier alpha value is -0.750. The average Bonchev–Trinajstić information content (AvgIpc) is 2.76. The fourth-order valence-corrected chi connectivity index (χ4v) is 1.95. The number of nitrogens with zero attached hydrogens (tertiary/aromatic N) is 2. The molecular weight excluding hydrogens is 224 g/mol. The molecule has 0 aliphatic carbocycles. The summed E-state index contributed by atoms with van der Waals surface area (Å²) in [5.41, 5.74) is 0. The molecule has 0 fully saturated rings. The molecule has 0 aliphatic heterocycles. The van der Waals surface area contributed by atoms with Gasteiger partial charge in [-0.3, -0.25) is 0 Å². The Morgan fingerprint density at radius 3 is 2.75 bits per heavy atom. The van der Waals surface area contributed by atoms with Crippen molar-refractivity contribution in [3.8, 4) is 0 Å². The molecule has 1 aromatic rings. The lowest BCUT2D eigenvalue weighted by atomic mass is 10.3. The van der Waals surface area contributed by atoms with Gasteiger partial charge in [-0.1, -0.05) is 12.0 Å². The van der Waals surface area contributed by atoms with Crippen molar-refractivity contribution >= 4 is 17.8 Å². The lowest BCUT2D eigenvalue weighted by Gasteiger charge is -2.13. The van der Waals surface area contributed by atoms with Crippen molar-refractivity contribution < 1.29 is 4.42 Å². The van der Waals surface area contributed by atoms with Gasteiger partial charge in [0.15, 0.2) is 0 Å². The van der Waals surface area contributed by atoms with Crippen LogP contribution in [-0.2, 0) is 0 Å². The first-order valence-electron chi connectivity index (χ1n) is 5.47. The van der Waals surface area contributed by atoms with Crippen LogP contribution in [0, 0.1) is 0 Å². The van der Waals surface area contributed by atoms with Gasteiger partial charge >= 0.3 is 6.01 Å². The first-order valence-corrected chi connectivity index (χ1v) is 6.86. The third-order valence-corrected chi connectivity index (χ3v) is 3.17. The highest BCUT2D eigenvalue weighted by atomic mass is 32.2. The fraction of sp³-hybridized carbons (Fsp3) is 0.800. The van der Waals surface area contributed by atoms with Crippen LogP contribution in [-0.4, -0.2) is 35.3 Å². The lowest BCUT2D eigenvalue weighted by Crippen LogP contribution is -2.21. The van der Waals surface area contributed by atoms with Gasteiger partial charge in [0.05, 0.1) is 6.04 Å². The molecule has 0 amide bonds. The van der Waals surface area contributed by atoms with Crippen LogP contribution in [0.5, 0.6) is 0 Å². The zero-order valence-corrected chi connectivity index (χ0v) is 11.1. The number of hydrogen-bond acceptors (Lipinski definition) is 6. The molecule has 6 heteroatoms. The maximum Gasteiger partial charge on any atom is 0.315 e. The number of aromatic nitrogens is 2. The van der Waals surface area contributed by atoms with Gasteiger partial charge in [0.2, 0.25) is 5.89 Å². The minimum atomic E-state index is 0.0867. The summed E-state index contributed by atoms with van der Waals surface area (Å²) < 4.78 is 5.51. The van der Waals surface area contributed by atoms with E-state index in [4.69, 9.17) is 4.42 Å². The molecule has 1 rings (SSSR count). The monoisotopic (exact) mass is 244 g/mol. The van der Waals surface area contributed by atoms with Gasteiger partial charge in [0.1, 0.15) is 0 Å². The van der Waals surface area contributed by atoms with Crippen molar-refractivity contribution in [2.24, 2.45) is 0 Å². The molecule has 1 heterocycles. The van der Waals surface area contributed by atoms with Gasteiger partial charge < -0.3 is 15.1 Å². The lowest BCUT2D eigenvalue weighted by molar-refractivity contribution is 0.438. The summed E-state index contributed by atoms with van der Waals surface area (Å²) in [5.74, 6) is 1.65. The number of rotatable bonds is 7. The summed E-state index contributed by atoms with van der Waals surface area (Å²) in [6, 6.07) is 0.981. The van der Waals surface area contributed by atoms with E-state index in [1.807, 2.05) is 14.0 Å². The molecule has 0 bridgehead atoms. The Balaban J connectivity index is 2.56. The largest absolute Gasteiger partial charge is 0.406 e. The van der Waals surface area contributed by atoms with Gasteiger partial charge in [-0.25, -0.2) is 0 Å². The van der Waals surface area contributed by atoms with E-state index in [0.29, 0.717) is 17.9 Å². The van der Waals surface area contributed by atoms with Crippen molar-refractivity contribution in [1.29, 1.82) is 0 Å². The van der Waals surface area contributed by atoms with Crippen LogP contribution in [0.2, 0.25) is 0 Å². The van der Waals surface area contributed by atoms with Crippen LogP contribution >= 0.6 is 11.8 Å². The SMILES string of the molecule is CCC(CSC)Nc1nnc(C(C)NC)o1. The average molecular weight is 244 g/mol. The molecular formula is C10H20N4OS. The second-order valence-corrected chi connectivity index (χ2v) is 4.57. The molecule has 1 aromatic heterocycles. The summed E-state index contributed by atoms with van der Waals surface area (Å²) in [7, 11) is 1.87. The zero-order valence-electron chi connectivity index (χ0n) is 10.3. The van der Waals surface area contributed by atoms with Crippen molar-refractivity contribution in [3.63, 3.8) is 0 Å². The van der Waals surface area contributed by atoms with Crippen LogP contribution < -0.4 is 10.6 Å². The normalized spacial score (nSPS) is 14.8. The van der Waals surface area contributed by atoms with Gasteiger partial charge in [0.25, 0.3) is 0 Å². The highest BCUT2D eigenvalue weighted by Gasteiger charge is 2.14. The standard InChI is InChI=1S/C10H20N4OS/c1-5-8(6-16-4)12-10-14-13-9(15-10)7(2)11-3/h7-8,11H,5-6H2,1-4H3,(H,12,14). The Kier molecular flexibility index (Phi) is 5.62. The van der Waals surface area contributed by atoms with E-state index < -0.39 is 0 Å². The number of anilines is 1. The van der Waals surface area contributed by atoms with E-state index >= 15 is 0 Å². The topological polar surface area (TPSA) is 63.0 Å². The molecule has 92 valence electrons. The molecule has 5 nitrogen and oxygen atoms in total. The molecule has 0 radical (unpaired) electrons. The fourth-order valence-electron chi connectivity index (χ4n) is 1.23. The van der Waals surface area contributed by atoms with Crippen LogP contribution in [0.1, 0.15) is 32.2 Å². The predicted molar refractivity (Wildman–Crippen MR) is 67.9 cm³/mol. The molecule has 2 N–H and O–H groups in total. The van der Waals surface area contributed by atoms with E-state index in [1.54, 1.807) is 11.8 Å². The number of hydrogen-bond donors (Lipinski definition) is 2. The maximum absolute atomic E-state index is 5.51. The quantitative estimate of drug-likeness (QED) is 0.764. The van der Waals surface area contributed by atoms with E-state index in [9.17, 15) is 0 Å². The zero-order chi connectivity index (χ0) is 12.0. The summed E-state index contributed by atoms with van der Waals surface area (Å²) in [5, 5.41) is 14.3. The van der Waals surface area contributed by atoms with Gasteiger partial charge in [0, 0.05) is 11.8 Å². The van der Waals surface area contributed by atoms with Crippen LogP contribution in [0.15, 0.2) is 4.42 Å². The minimum Gasteiger partial charge on any atom is -0.406 e. The molecule has 0 spiro atoms. The third-order valence-electron chi connectivity index (χ3n) is 2.43. The van der Waals surface area contributed by atoms with Crippen LogP contribution in [0.25, 0.3) is 0 Å². The second kappa shape index (κ2) is 6.75. The molecule has 0 saturated carbocycles. The molecule has 0 saturated heterocycles. The minimum absolute atomic E-state index is 0.0867. The molecule has 0 aliphatic rings. The van der Waals surface area contributed by atoms with Crippen molar-refractivity contribution in [2.75, 3.05) is 24.4 Å². The highest BCUT2D eigenvalue weighted by Crippen LogP contribution is 2.15. The maximum atomic E-state index is 5.51. The molecule has 2 unspecified atom stereocenters. The van der Waals surface area contributed by atoms with Crippen LogP contribution in [0.3, 0.4) is 0 Å². The Bertz CT molecular complexity index is 305. The Morgan fingerprint density at radius 2 is 2.19 bits per heavy atom. The smallest absolute Gasteiger partial charge is 0.315 e. The van der Waals surface area contributed by atoms with E-state index in [1.165, 1.54) is 0 Å². The highest BCUT2D eigenvalue weighted by molar-refractivity contribution is 7.98. The van der Waals surface area contributed by atoms with E-state index in [0.717, 1.165) is 12.2 Å². The summed E-state index contributed by atoms with van der Waals surface area (Å²) in [6.45, 7) is 4.12. The van der Waals surface area contributed by atoms with Crippen molar-refractivity contribution in [2.45, 2.75) is 32.4 Å². The van der Waals surface area contributed by atoms with Crippen molar-refractivity contribution in [1.82, 2.24) is 15.5 Å². The predicted octanol–water partition coefficient (Wildman–Crippen LogP) is 1.90. The summed E-state index contributed by atoms with van der Waals surface area (Å²) in [4.78, 5) is 0. The molecule has 0 aromatic carbocycles. The molecule has 2 atom stereocenters. The van der Waals surface area contributed by atoms with Gasteiger partial charge in [-0.2, -0.15) is 11.8 Å². The van der Waals surface area contributed by atoms with Gasteiger partial charge in [-0.15, -0.1) is 5.10 Å². The van der Waals surface area contributed by atoms with E-state index in [-0.39, 0.29) is 6.04 Å². The number of thioether (sulfide) groups is 1. The van der Waals surface area contributed by atoms with Crippen molar-refractivity contribution in [3.05, 3.63) is 5.89 Å². The third kappa shape index (κ3) is 3.68. The molecule has 16 heavy (non-hydrogen) atoms. The first-order chi connectivity index (χ1) is 7.71. The van der Waals surface area contributed by atoms with Crippen LogP contribution in [0.4, 0.5) is 6.01 Å². The van der Waals surface area contributed by atoms with Gasteiger partial charge in [-0.05, 0) is 26.6 Å². The summed E-state index contributed by atoms with van der Waals surface area (Å²) >= 11 is 1.81.